The molecule has 6 nitrogen and oxygen atoms in total. The van der Waals surface area contributed by atoms with Crippen molar-refractivity contribution in [1.82, 2.24) is 4.72 Å². The van der Waals surface area contributed by atoms with Crippen LogP contribution in [-0.4, -0.2) is 54.8 Å². The summed E-state index contributed by atoms with van der Waals surface area (Å²) in [5, 5.41) is 0. The number of rotatable bonds is 9. The fraction of sp³-hybridized carbons (Fsp3) is 0.455. The number of sulfonamides is 1. The van der Waals surface area contributed by atoms with Crippen molar-refractivity contribution in [2.45, 2.75) is 24.7 Å². The zero-order chi connectivity index (χ0) is 20.7. The summed E-state index contributed by atoms with van der Waals surface area (Å²) in [6.45, 7) is 7.71. The zero-order valence-electron chi connectivity index (χ0n) is 17.4. The van der Waals surface area contributed by atoms with Crippen LogP contribution in [-0.2, 0) is 10.0 Å². The van der Waals surface area contributed by atoms with Gasteiger partial charge >= 0.3 is 0 Å². The number of benzene rings is 2. The number of piperazine rings is 1. The highest BCUT2D eigenvalue weighted by Crippen LogP contribution is 2.27. The van der Waals surface area contributed by atoms with Crippen molar-refractivity contribution in [3.63, 3.8) is 0 Å². The van der Waals surface area contributed by atoms with Crippen molar-refractivity contribution < 1.29 is 18.1 Å². The number of aryl methyl sites for hydroxylation is 1. The van der Waals surface area contributed by atoms with Crippen LogP contribution >= 0.6 is 0 Å². The summed E-state index contributed by atoms with van der Waals surface area (Å²) in [7, 11) is -1.69. The van der Waals surface area contributed by atoms with E-state index in [1.807, 2.05) is 31.2 Å². The summed E-state index contributed by atoms with van der Waals surface area (Å²) in [5.41, 5.74) is 2.22. The van der Waals surface area contributed by atoms with Crippen LogP contribution in [0.5, 0.6) is 5.75 Å². The van der Waals surface area contributed by atoms with Crippen LogP contribution < -0.4 is 19.3 Å². The molecule has 1 aliphatic heterocycles. The molecule has 2 aromatic rings. The molecule has 1 fully saturated rings. The second-order valence-electron chi connectivity index (χ2n) is 7.58. The standard InChI is InChI=1S/C22H31N3O3S/c1-19-9-11-20(12-10-19)29(26,27)23-13-5-6-14-24-15-17-25(18-16-24)21-7-3-4-8-22(21)28-2/h3-4,7-12,23H,5-6,13-18H2,1-2H3/p+1. The van der Waals surface area contributed by atoms with Gasteiger partial charge in [-0.05, 0) is 44.0 Å². The second kappa shape index (κ2) is 10.1. The number of nitrogens with one attached hydrogen (secondary N) is 2. The Morgan fingerprint density at radius 1 is 1.03 bits per heavy atom. The topological polar surface area (TPSA) is 63.1 Å². The van der Waals surface area contributed by atoms with E-state index in [0.717, 1.165) is 56.9 Å². The predicted octanol–water partition coefficient (Wildman–Crippen LogP) is 1.47. The van der Waals surface area contributed by atoms with Gasteiger partial charge < -0.3 is 14.5 Å². The second-order valence-corrected chi connectivity index (χ2v) is 9.34. The first-order valence-electron chi connectivity index (χ1n) is 10.3. The lowest BCUT2D eigenvalue weighted by Gasteiger charge is -2.34. The molecule has 1 aliphatic rings. The SMILES string of the molecule is COc1ccccc1N1CC[NH+](CCCCNS(=O)(=O)c2ccc(C)cc2)CC1. The molecule has 1 heterocycles. The highest BCUT2D eigenvalue weighted by atomic mass is 32.2. The summed E-state index contributed by atoms with van der Waals surface area (Å²) >= 11 is 0. The lowest BCUT2D eigenvalue weighted by Crippen LogP contribution is -3.14. The van der Waals surface area contributed by atoms with Crippen molar-refractivity contribution in [2.75, 3.05) is 51.3 Å². The minimum atomic E-state index is -3.40. The van der Waals surface area contributed by atoms with Crippen LogP contribution in [0, 0.1) is 6.92 Å². The molecule has 2 N–H and O–H groups in total. The van der Waals surface area contributed by atoms with E-state index < -0.39 is 10.0 Å². The Kier molecular flexibility index (Phi) is 7.52. The molecule has 2 aromatic carbocycles. The molecule has 0 atom stereocenters. The lowest BCUT2D eigenvalue weighted by atomic mass is 10.2. The fourth-order valence-electron chi connectivity index (χ4n) is 3.71. The van der Waals surface area contributed by atoms with Gasteiger partial charge in [0.1, 0.15) is 5.75 Å². The summed E-state index contributed by atoms with van der Waals surface area (Å²) < 4.78 is 32.8. The van der Waals surface area contributed by atoms with Crippen LogP contribution in [0.15, 0.2) is 53.4 Å². The van der Waals surface area contributed by atoms with Crippen molar-refractivity contribution >= 4 is 15.7 Å². The maximum atomic E-state index is 12.3. The van der Waals surface area contributed by atoms with Gasteiger partial charge in [0.05, 0.1) is 50.4 Å². The monoisotopic (exact) mass is 418 g/mol. The molecule has 29 heavy (non-hydrogen) atoms. The third-order valence-electron chi connectivity index (χ3n) is 5.48. The van der Waals surface area contributed by atoms with Crippen molar-refractivity contribution in [2.24, 2.45) is 0 Å². The minimum absolute atomic E-state index is 0.334. The van der Waals surface area contributed by atoms with E-state index in [1.165, 1.54) is 5.69 Å². The Morgan fingerprint density at radius 3 is 2.41 bits per heavy atom. The van der Waals surface area contributed by atoms with E-state index in [4.69, 9.17) is 4.74 Å². The van der Waals surface area contributed by atoms with Gasteiger partial charge in [0.25, 0.3) is 0 Å². The first-order valence-corrected chi connectivity index (χ1v) is 11.8. The van der Waals surface area contributed by atoms with Crippen LogP contribution in [0.3, 0.4) is 0 Å². The number of unbranched alkanes of at least 4 members (excludes halogenated alkanes) is 1. The molecule has 0 unspecified atom stereocenters. The van der Waals surface area contributed by atoms with Gasteiger partial charge in [0.15, 0.2) is 0 Å². The van der Waals surface area contributed by atoms with E-state index in [1.54, 1.807) is 24.1 Å². The average molecular weight is 419 g/mol. The molecule has 3 rings (SSSR count). The first kappa shape index (κ1) is 21.6. The summed E-state index contributed by atoms with van der Waals surface area (Å²) in [5.74, 6) is 0.928. The van der Waals surface area contributed by atoms with Crippen LogP contribution in [0.25, 0.3) is 0 Å². The van der Waals surface area contributed by atoms with Gasteiger partial charge in [0.2, 0.25) is 10.0 Å². The van der Waals surface area contributed by atoms with Crippen LogP contribution in [0.2, 0.25) is 0 Å². The Bertz CT molecular complexity index is 876. The zero-order valence-corrected chi connectivity index (χ0v) is 18.2. The summed E-state index contributed by atoms with van der Waals surface area (Å²) in [6.07, 6.45) is 1.87. The van der Waals surface area contributed by atoms with E-state index >= 15 is 0 Å². The molecule has 0 aromatic heterocycles. The predicted molar refractivity (Wildman–Crippen MR) is 116 cm³/mol. The van der Waals surface area contributed by atoms with E-state index in [9.17, 15) is 8.42 Å². The van der Waals surface area contributed by atoms with Crippen molar-refractivity contribution in [1.29, 1.82) is 0 Å². The molecule has 0 saturated carbocycles. The van der Waals surface area contributed by atoms with Gasteiger partial charge in [-0.15, -0.1) is 0 Å². The maximum Gasteiger partial charge on any atom is 0.240 e. The number of ether oxygens (including phenoxy) is 1. The first-order chi connectivity index (χ1) is 14.0. The molecule has 0 bridgehead atoms. The number of hydrogen-bond acceptors (Lipinski definition) is 4. The summed E-state index contributed by atoms with van der Waals surface area (Å²) in [6, 6.07) is 15.1. The maximum absolute atomic E-state index is 12.3. The van der Waals surface area contributed by atoms with Crippen molar-refractivity contribution in [3.05, 3.63) is 54.1 Å². The molecule has 0 aliphatic carbocycles. The number of nitrogens with zero attached hydrogens (tertiary/aromatic N) is 1. The lowest BCUT2D eigenvalue weighted by molar-refractivity contribution is -0.900. The van der Waals surface area contributed by atoms with Gasteiger partial charge in [-0.2, -0.15) is 0 Å². The van der Waals surface area contributed by atoms with Crippen LogP contribution in [0.1, 0.15) is 18.4 Å². The molecular weight excluding hydrogens is 386 g/mol. The number of hydrogen-bond donors (Lipinski definition) is 2. The van der Waals surface area contributed by atoms with E-state index in [0.29, 0.717) is 11.4 Å². The minimum Gasteiger partial charge on any atom is -0.495 e. The summed E-state index contributed by atoms with van der Waals surface area (Å²) in [4.78, 5) is 4.30. The molecule has 0 amide bonds. The Hall–Kier alpha value is -2.09. The Morgan fingerprint density at radius 2 is 1.72 bits per heavy atom. The number of quaternary nitrogens is 1. The number of methoxy groups -OCH3 is 1. The highest BCUT2D eigenvalue weighted by Gasteiger charge is 2.21. The Labute approximate surface area is 174 Å². The Balaban J connectivity index is 1.36. The number of para-hydroxylation sites is 2. The van der Waals surface area contributed by atoms with E-state index in [2.05, 4.69) is 21.8 Å². The highest BCUT2D eigenvalue weighted by molar-refractivity contribution is 7.89. The molecular formula is C22H32N3O3S+. The average Bonchev–Trinajstić information content (AvgIpc) is 2.74. The molecule has 1 saturated heterocycles. The third-order valence-corrected chi connectivity index (χ3v) is 6.95. The largest absolute Gasteiger partial charge is 0.495 e. The van der Waals surface area contributed by atoms with Crippen LogP contribution in [0.4, 0.5) is 5.69 Å². The van der Waals surface area contributed by atoms with Gasteiger partial charge in [-0.3, -0.25) is 0 Å². The molecule has 0 radical (unpaired) electrons. The normalized spacial score (nSPS) is 15.4. The molecule has 0 spiro atoms. The van der Waals surface area contributed by atoms with Crippen molar-refractivity contribution in [3.8, 4) is 5.75 Å². The smallest absolute Gasteiger partial charge is 0.240 e. The molecule has 7 heteroatoms. The fourth-order valence-corrected chi connectivity index (χ4v) is 4.79. The van der Waals surface area contributed by atoms with Gasteiger partial charge in [-0.25, -0.2) is 13.1 Å². The number of anilines is 1. The van der Waals surface area contributed by atoms with E-state index in [-0.39, 0.29) is 0 Å². The molecule has 158 valence electrons. The third kappa shape index (κ3) is 5.95. The van der Waals surface area contributed by atoms with Gasteiger partial charge in [0, 0.05) is 6.54 Å². The van der Waals surface area contributed by atoms with Gasteiger partial charge in [-0.1, -0.05) is 29.8 Å². The quantitative estimate of drug-likeness (QED) is 0.606.